The van der Waals surface area contributed by atoms with Crippen molar-refractivity contribution in [1.29, 1.82) is 0 Å². The summed E-state index contributed by atoms with van der Waals surface area (Å²) in [5, 5.41) is 0. The van der Waals surface area contributed by atoms with Gasteiger partial charge in [0.1, 0.15) is 5.75 Å². The van der Waals surface area contributed by atoms with Crippen molar-refractivity contribution >= 4 is 0 Å². The number of allylic oxidation sites excluding steroid dienone is 8. The third kappa shape index (κ3) is 5.28. The predicted molar refractivity (Wildman–Crippen MR) is 97.6 cm³/mol. The van der Waals surface area contributed by atoms with Crippen LogP contribution >= 0.6 is 0 Å². The Kier molecular flexibility index (Phi) is 5.91. The van der Waals surface area contributed by atoms with Gasteiger partial charge in [-0.25, -0.2) is 0 Å². The topological polar surface area (TPSA) is 9.23 Å². The zero-order chi connectivity index (χ0) is 15.7. The van der Waals surface area contributed by atoms with Crippen LogP contribution in [0.3, 0.4) is 0 Å². The van der Waals surface area contributed by atoms with Crippen LogP contribution in [0.15, 0.2) is 72.9 Å². The van der Waals surface area contributed by atoms with Crippen molar-refractivity contribution in [3.63, 3.8) is 0 Å². The second-order valence-corrected chi connectivity index (χ2v) is 6.41. The fourth-order valence-electron chi connectivity index (χ4n) is 3.13. The van der Waals surface area contributed by atoms with Crippen molar-refractivity contribution in [2.45, 2.75) is 32.1 Å². The lowest BCUT2D eigenvalue weighted by Crippen LogP contribution is -1.99. The van der Waals surface area contributed by atoms with E-state index in [1.807, 2.05) is 0 Å². The maximum Gasteiger partial charge on any atom is 0.119 e. The van der Waals surface area contributed by atoms with Gasteiger partial charge < -0.3 is 4.74 Å². The van der Waals surface area contributed by atoms with Crippen LogP contribution in [0.25, 0.3) is 0 Å². The van der Waals surface area contributed by atoms with Crippen molar-refractivity contribution < 1.29 is 4.74 Å². The molecule has 0 N–H and O–H groups in total. The van der Waals surface area contributed by atoms with Crippen molar-refractivity contribution in [2.24, 2.45) is 11.8 Å². The van der Waals surface area contributed by atoms with Gasteiger partial charge in [0.05, 0.1) is 6.61 Å². The highest BCUT2D eigenvalue weighted by Gasteiger charge is 2.05. The second-order valence-electron chi connectivity index (χ2n) is 6.41. The lowest BCUT2D eigenvalue weighted by atomic mass is 10.0. The van der Waals surface area contributed by atoms with Crippen LogP contribution in [-0.2, 0) is 6.42 Å². The summed E-state index contributed by atoms with van der Waals surface area (Å²) in [4.78, 5) is 0. The summed E-state index contributed by atoms with van der Waals surface area (Å²) >= 11 is 0. The predicted octanol–water partition coefficient (Wildman–Crippen LogP) is 5.65. The summed E-state index contributed by atoms with van der Waals surface area (Å²) in [6.07, 6.45) is 23.6. The minimum Gasteiger partial charge on any atom is -0.494 e. The molecule has 1 aromatic carbocycles. The Morgan fingerprint density at radius 2 is 1.35 bits per heavy atom. The Hall–Kier alpha value is -2.02. The maximum absolute atomic E-state index is 5.85. The summed E-state index contributed by atoms with van der Waals surface area (Å²) < 4.78 is 5.85. The van der Waals surface area contributed by atoms with Crippen LogP contribution in [0.1, 0.15) is 31.2 Å². The summed E-state index contributed by atoms with van der Waals surface area (Å²) in [7, 11) is 0. The Morgan fingerprint density at radius 3 is 2.04 bits per heavy atom. The maximum atomic E-state index is 5.85. The van der Waals surface area contributed by atoms with Gasteiger partial charge in [-0.3, -0.25) is 0 Å². The average molecular weight is 306 g/mol. The number of benzene rings is 1. The normalized spacial score (nSPS) is 16.7. The number of rotatable bonds is 9. The Labute approximate surface area is 140 Å². The van der Waals surface area contributed by atoms with Crippen LogP contribution in [0.5, 0.6) is 5.75 Å². The van der Waals surface area contributed by atoms with Crippen LogP contribution < -0.4 is 4.74 Å². The standard InChI is InChI=1S/C22H26O/c1(2-8-19-9-3-4-10-19)7-17-23-22-15-13-21(14-16-22)18-20-11-5-6-12-20/h3-6,9-16,19-20H,1-2,7-8,17-18H2. The largest absolute Gasteiger partial charge is 0.494 e. The van der Waals surface area contributed by atoms with Crippen LogP contribution in [0.4, 0.5) is 0 Å². The number of unbranched alkanes of at least 4 members (excludes halogenated alkanes) is 2. The third-order valence-corrected chi connectivity index (χ3v) is 4.50. The van der Waals surface area contributed by atoms with Crippen molar-refractivity contribution in [3.05, 3.63) is 78.4 Å². The minimum atomic E-state index is 0.561. The molecule has 1 heteroatoms. The first-order chi connectivity index (χ1) is 11.4. The molecule has 0 bridgehead atoms. The second kappa shape index (κ2) is 8.57. The molecule has 0 saturated carbocycles. The lowest BCUT2D eigenvalue weighted by Gasteiger charge is -2.09. The zero-order valence-corrected chi connectivity index (χ0v) is 13.7. The van der Waals surface area contributed by atoms with Gasteiger partial charge in [0.2, 0.25) is 0 Å². The Morgan fingerprint density at radius 1 is 0.696 bits per heavy atom. The highest BCUT2D eigenvalue weighted by atomic mass is 16.5. The molecule has 1 nitrogen and oxygen atoms in total. The third-order valence-electron chi connectivity index (χ3n) is 4.50. The quantitative estimate of drug-likeness (QED) is 0.535. The van der Waals surface area contributed by atoms with E-state index in [2.05, 4.69) is 72.9 Å². The van der Waals surface area contributed by atoms with Crippen LogP contribution in [-0.4, -0.2) is 6.61 Å². The van der Waals surface area contributed by atoms with E-state index in [1.54, 1.807) is 0 Å². The molecule has 120 valence electrons. The van der Waals surface area contributed by atoms with Crippen LogP contribution in [0.2, 0.25) is 0 Å². The van der Waals surface area contributed by atoms with E-state index in [0.717, 1.165) is 25.2 Å². The van der Waals surface area contributed by atoms with Crippen LogP contribution in [0, 0.1) is 11.8 Å². The molecule has 2 aliphatic carbocycles. The van der Waals surface area contributed by atoms with E-state index >= 15 is 0 Å². The molecule has 1 aromatic rings. The minimum absolute atomic E-state index is 0.561. The average Bonchev–Trinajstić information content (AvgIpc) is 3.26. The molecule has 0 atom stereocenters. The molecule has 0 spiro atoms. The zero-order valence-electron chi connectivity index (χ0n) is 13.7. The molecule has 0 radical (unpaired) electrons. The van der Waals surface area contributed by atoms with Gasteiger partial charge in [0.15, 0.2) is 0 Å². The fraction of sp³-hybridized carbons (Fsp3) is 0.364. The number of ether oxygens (including phenoxy) is 1. The molecule has 3 rings (SSSR count). The first kappa shape index (κ1) is 15.9. The van der Waals surface area contributed by atoms with Gasteiger partial charge >= 0.3 is 0 Å². The van der Waals surface area contributed by atoms with E-state index in [9.17, 15) is 0 Å². The molecule has 0 unspecified atom stereocenters. The van der Waals surface area contributed by atoms with E-state index < -0.39 is 0 Å². The van der Waals surface area contributed by atoms with E-state index in [1.165, 1.54) is 24.8 Å². The summed E-state index contributed by atoms with van der Waals surface area (Å²) in [5.74, 6) is 2.23. The fourth-order valence-corrected chi connectivity index (χ4v) is 3.13. The van der Waals surface area contributed by atoms with Gasteiger partial charge in [0, 0.05) is 0 Å². The Balaban J connectivity index is 1.29. The van der Waals surface area contributed by atoms with E-state index in [0.29, 0.717) is 11.8 Å². The molecule has 2 aliphatic rings. The Bertz CT molecular complexity index is 565. The van der Waals surface area contributed by atoms with Gasteiger partial charge in [0.25, 0.3) is 0 Å². The molecule has 23 heavy (non-hydrogen) atoms. The first-order valence-corrected chi connectivity index (χ1v) is 8.82. The summed E-state index contributed by atoms with van der Waals surface area (Å²) in [6, 6.07) is 8.58. The smallest absolute Gasteiger partial charge is 0.119 e. The monoisotopic (exact) mass is 306 g/mol. The van der Waals surface area contributed by atoms with Crippen molar-refractivity contribution in [2.75, 3.05) is 6.61 Å². The molecular formula is C22H26O. The molecule has 0 fully saturated rings. The van der Waals surface area contributed by atoms with Gasteiger partial charge in [-0.05, 0) is 48.8 Å². The van der Waals surface area contributed by atoms with Gasteiger partial charge in [-0.15, -0.1) is 0 Å². The molecular weight excluding hydrogens is 280 g/mol. The van der Waals surface area contributed by atoms with E-state index in [-0.39, 0.29) is 0 Å². The van der Waals surface area contributed by atoms with Crippen molar-refractivity contribution in [3.8, 4) is 5.75 Å². The molecule has 0 aliphatic heterocycles. The molecule has 0 saturated heterocycles. The summed E-state index contributed by atoms with van der Waals surface area (Å²) in [6.45, 7) is 0.823. The number of hydrogen-bond donors (Lipinski definition) is 0. The first-order valence-electron chi connectivity index (χ1n) is 8.82. The molecule has 0 amide bonds. The highest BCUT2D eigenvalue weighted by molar-refractivity contribution is 5.29. The summed E-state index contributed by atoms with van der Waals surface area (Å²) in [5.41, 5.74) is 1.37. The lowest BCUT2D eigenvalue weighted by molar-refractivity contribution is 0.304. The molecule has 0 heterocycles. The molecule has 0 aromatic heterocycles. The van der Waals surface area contributed by atoms with E-state index in [4.69, 9.17) is 4.74 Å². The van der Waals surface area contributed by atoms with Gasteiger partial charge in [-0.1, -0.05) is 73.6 Å². The highest BCUT2D eigenvalue weighted by Crippen LogP contribution is 2.20. The SMILES string of the molecule is C1=CC(CCCCCOc2ccc(CC3C=CC=C3)cc2)C=C1. The van der Waals surface area contributed by atoms with Gasteiger partial charge in [-0.2, -0.15) is 0 Å². The van der Waals surface area contributed by atoms with Crippen molar-refractivity contribution in [1.82, 2.24) is 0 Å². The number of hydrogen-bond acceptors (Lipinski definition) is 1.